The Hall–Kier alpha value is -1.59. The van der Waals surface area contributed by atoms with Crippen molar-refractivity contribution in [2.75, 3.05) is 13.1 Å². The molecule has 0 aliphatic carbocycles. The van der Waals surface area contributed by atoms with Gasteiger partial charge in [0.05, 0.1) is 0 Å². The zero-order chi connectivity index (χ0) is 13.5. The molecule has 0 radical (unpaired) electrons. The Morgan fingerprint density at radius 2 is 1.83 bits per heavy atom. The number of hydrogen-bond donors (Lipinski definition) is 1. The molecule has 2 saturated heterocycles. The maximum absolute atomic E-state index is 12.3. The van der Waals surface area contributed by atoms with E-state index in [0.717, 1.165) is 0 Å². The van der Waals surface area contributed by atoms with Crippen LogP contribution in [-0.4, -0.2) is 52.3 Å². The monoisotopic (exact) mass is 253 g/mol. The van der Waals surface area contributed by atoms with E-state index in [0.29, 0.717) is 25.9 Å². The normalized spacial score (nSPS) is 22.9. The van der Waals surface area contributed by atoms with Crippen LogP contribution in [0, 0.1) is 0 Å². The number of nitrogens with zero attached hydrogens (tertiary/aromatic N) is 2. The van der Waals surface area contributed by atoms with Crippen LogP contribution in [0.5, 0.6) is 0 Å². The smallest absolute Gasteiger partial charge is 0.325 e. The number of amides is 4. The second-order valence-corrected chi connectivity index (χ2v) is 5.29. The molecule has 6 heteroatoms. The van der Waals surface area contributed by atoms with Gasteiger partial charge in [0.2, 0.25) is 5.91 Å². The quantitative estimate of drug-likeness (QED) is 0.684. The number of carbonyl (C=O) groups is 3. The summed E-state index contributed by atoms with van der Waals surface area (Å²) >= 11 is 0. The molecule has 0 saturated carbocycles. The summed E-state index contributed by atoms with van der Waals surface area (Å²) in [6.07, 6.45) is 1.00. The molecule has 0 atom stereocenters. The topological polar surface area (TPSA) is 69.7 Å². The van der Waals surface area contributed by atoms with Crippen molar-refractivity contribution in [3.05, 3.63) is 0 Å². The number of nitrogens with one attached hydrogen (secondary N) is 1. The molecule has 0 aromatic rings. The van der Waals surface area contributed by atoms with Crippen LogP contribution < -0.4 is 5.32 Å². The molecule has 2 aliphatic heterocycles. The highest BCUT2D eigenvalue weighted by Crippen LogP contribution is 2.30. The maximum atomic E-state index is 12.3. The van der Waals surface area contributed by atoms with Crippen LogP contribution >= 0.6 is 0 Å². The van der Waals surface area contributed by atoms with Gasteiger partial charge in [0.25, 0.3) is 5.91 Å². The summed E-state index contributed by atoms with van der Waals surface area (Å²) in [5.41, 5.74) is -0.784. The Labute approximate surface area is 106 Å². The van der Waals surface area contributed by atoms with E-state index in [4.69, 9.17) is 0 Å². The lowest BCUT2D eigenvalue weighted by Crippen LogP contribution is -2.55. The van der Waals surface area contributed by atoms with Crippen molar-refractivity contribution in [2.24, 2.45) is 0 Å². The van der Waals surface area contributed by atoms with Crippen LogP contribution in [0.25, 0.3) is 0 Å². The summed E-state index contributed by atoms with van der Waals surface area (Å²) in [4.78, 5) is 38.4. The first-order valence-electron chi connectivity index (χ1n) is 6.29. The molecule has 0 unspecified atom stereocenters. The number of piperidine rings is 1. The van der Waals surface area contributed by atoms with Crippen LogP contribution in [0.3, 0.4) is 0 Å². The molecule has 100 valence electrons. The molecule has 2 aliphatic rings. The van der Waals surface area contributed by atoms with Gasteiger partial charge in [-0.25, -0.2) is 4.79 Å². The summed E-state index contributed by atoms with van der Waals surface area (Å²) in [7, 11) is 0. The highest BCUT2D eigenvalue weighted by molar-refractivity contribution is 6.07. The van der Waals surface area contributed by atoms with Gasteiger partial charge in [0.1, 0.15) is 5.54 Å². The third-order valence-electron chi connectivity index (χ3n) is 3.77. The van der Waals surface area contributed by atoms with Crippen LogP contribution in [0.2, 0.25) is 0 Å². The summed E-state index contributed by atoms with van der Waals surface area (Å²) in [6, 6.07) is -0.450. The average Bonchev–Trinajstić information content (AvgIpc) is 2.51. The van der Waals surface area contributed by atoms with Crippen LogP contribution in [0.4, 0.5) is 4.79 Å². The van der Waals surface area contributed by atoms with Crippen molar-refractivity contribution >= 4 is 17.8 Å². The van der Waals surface area contributed by atoms with Gasteiger partial charge in [0.15, 0.2) is 0 Å². The molecule has 4 amide bonds. The molecule has 0 bridgehead atoms. The van der Waals surface area contributed by atoms with Crippen molar-refractivity contribution < 1.29 is 14.4 Å². The molecule has 0 aromatic carbocycles. The first-order chi connectivity index (χ1) is 8.37. The van der Waals surface area contributed by atoms with E-state index in [2.05, 4.69) is 5.32 Å². The lowest BCUT2D eigenvalue weighted by molar-refractivity contribution is -0.138. The number of imide groups is 1. The first kappa shape index (κ1) is 12.9. The summed E-state index contributed by atoms with van der Waals surface area (Å²) in [6.45, 7) is 6.20. The minimum atomic E-state index is -0.784. The van der Waals surface area contributed by atoms with Crippen molar-refractivity contribution in [1.29, 1.82) is 0 Å². The number of urea groups is 1. The van der Waals surface area contributed by atoms with Crippen LogP contribution in [-0.2, 0) is 9.59 Å². The van der Waals surface area contributed by atoms with Gasteiger partial charge in [-0.3, -0.25) is 14.5 Å². The number of rotatable bonds is 1. The molecule has 2 heterocycles. The average molecular weight is 253 g/mol. The zero-order valence-electron chi connectivity index (χ0n) is 11.0. The number of hydrogen-bond acceptors (Lipinski definition) is 3. The van der Waals surface area contributed by atoms with Gasteiger partial charge in [0, 0.05) is 26.1 Å². The predicted octanol–water partition coefficient (Wildman–Crippen LogP) is 0.328. The van der Waals surface area contributed by atoms with Gasteiger partial charge in [-0.05, 0) is 26.7 Å². The zero-order valence-corrected chi connectivity index (χ0v) is 11.0. The van der Waals surface area contributed by atoms with Gasteiger partial charge in [-0.15, -0.1) is 0 Å². The lowest BCUT2D eigenvalue weighted by Gasteiger charge is -2.37. The van der Waals surface area contributed by atoms with E-state index in [1.165, 1.54) is 11.8 Å². The van der Waals surface area contributed by atoms with E-state index in [9.17, 15) is 14.4 Å². The maximum Gasteiger partial charge on any atom is 0.325 e. The Bertz CT molecular complexity index is 397. The first-order valence-corrected chi connectivity index (χ1v) is 6.29. The van der Waals surface area contributed by atoms with Gasteiger partial charge in [-0.2, -0.15) is 0 Å². The standard InChI is InChI=1S/C12H19N3O3/c1-8(2)15-10(17)12(13-11(15)18)4-6-14(7-5-12)9(3)16/h8H,4-7H2,1-3H3,(H,13,18). The largest absolute Gasteiger partial charge is 0.343 e. The Balaban J connectivity index is 2.14. The summed E-state index contributed by atoms with van der Waals surface area (Å²) in [5, 5.41) is 2.81. The SMILES string of the molecule is CC(=O)N1CCC2(CC1)NC(=O)N(C(C)C)C2=O. The third-order valence-corrected chi connectivity index (χ3v) is 3.77. The molecule has 1 N–H and O–H groups in total. The Morgan fingerprint density at radius 3 is 2.22 bits per heavy atom. The molecule has 1 spiro atoms. The van der Waals surface area contributed by atoms with Crippen molar-refractivity contribution in [2.45, 2.75) is 45.2 Å². The molecule has 18 heavy (non-hydrogen) atoms. The van der Waals surface area contributed by atoms with Crippen molar-refractivity contribution in [3.63, 3.8) is 0 Å². The highest BCUT2D eigenvalue weighted by Gasteiger charge is 2.53. The van der Waals surface area contributed by atoms with Crippen LogP contribution in [0.15, 0.2) is 0 Å². The summed E-state index contributed by atoms with van der Waals surface area (Å²) in [5.74, 6) is -0.131. The molecular formula is C12H19N3O3. The van der Waals surface area contributed by atoms with Crippen molar-refractivity contribution in [3.8, 4) is 0 Å². The number of carbonyl (C=O) groups excluding carboxylic acids is 3. The van der Waals surface area contributed by atoms with E-state index in [1.54, 1.807) is 4.90 Å². The minimum Gasteiger partial charge on any atom is -0.343 e. The van der Waals surface area contributed by atoms with E-state index in [-0.39, 0.29) is 23.9 Å². The third kappa shape index (κ3) is 1.85. The fraction of sp³-hybridized carbons (Fsp3) is 0.750. The minimum absolute atomic E-state index is 0.0161. The molecular weight excluding hydrogens is 234 g/mol. The second-order valence-electron chi connectivity index (χ2n) is 5.29. The highest BCUT2D eigenvalue weighted by atomic mass is 16.2. The van der Waals surface area contributed by atoms with E-state index < -0.39 is 5.54 Å². The Morgan fingerprint density at radius 1 is 1.28 bits per heavy atom. The van der Waals surface area contributed by atoms with E-state index in [1.807, 2.05) is 13.8 Å². The van der Waals surface area contributed by atoms with Gasteiger partial charge in [-0.1, -0.05) is 0 Å². The van der Waals surface area contributed by atoms with Crippen molar-refractivity contribution in [1.82, 2.24) is 15.1 Å². The molecule has 2 rings (SSSR count). The van der Waals surface area contributed by atoms with Gasteiger partial charge >= 0.3 is 6.03 Å². The molecule has 0 aromatic heterocycles. The fourth-order valence-corrected chi connectivity index (χ4v) is 2.65. The Kier molecular flexibility index (Phi) is 3.04. The molecule has 6 nitrogen and oxygen atoms in total. The summed E-state index contributed by atoms with van der Waals surface area (Å²) < 4.78 is 0. The predicted molar refractivity (Wildman–Crippen MR) is 64.7 cm³/mol. The second kappa shape index (κ2) is 4.26. The fourth-order valence-electron chi connectivity index (χ4n) is 2.65. The van der Waals surface area contributed by atoms with Crippen LogP contribution in [0.1, 0.15) is 33.6 Å². The lowest BCUT2D eigenvalue weighted by atomic mass is 9.87. The van der Waals surface area contributed by atoms with Gasteiger partial charge < -0.3 is 10.2 Å². The van der Waals surface area contributed by atoms with E-state index >= 15 is 0 Å². The molecule has 2 fully saturated rings. The number of likely N-dealkylation sites (tertiary alicyclic amines) is 1.